The van der Waals surface area contributed by atoms with Crippen molar-refractivity contribution >= 4 is 18.0 Å². The van der Waals surface area contributed by atoms with Crippen molar-refractivity contribution < 1.29 is 27.9 Å². The monoisotopic (exact) mass is 415 g/mol. The Bertz CT molecular complexity index is 985. The minimum atomic E-state index is -1.60. The molecule has 156 valence electrons. The number of rotatable bonds is 7. The zero-order valence-electron chi connectivity index (χ0n) is 16.0. The van der Waals surface area contributed by atoms with Crippen LogP contribution in [-0.4, -0.2) is 34.5 Å². The molecule has 2 aromatic rings. The van der Waals surface area contributed by atoms with Crippen LogP contribution >= 0.6 is 0 Å². The van der Waals surface area contributed by atoms with Crippen LogP contribution in [0, 0.1) is 0 Å². The Balaban J connectivity index is 1.73. The van der Waals surface area contributed by atoms with E-state index >= 15 is 0 Å². The topological polar surface area (TPSA) is 57.6 Å². The molecular weight excluding hydrogens is 395 g/mol. The average Bonchev–Trinajstić information content (AvgIpc) is 3.12. The van der Waals surface area contributed by atoms with Gasteiger partial charge in [0.2, 0.25) is 5.91 Å². The average molecular weight is 415 g/mol. The molecule has 0 unspecified atom stereocenters. The SMILES string of the molecule is O=C(O)c1ccc(CCN2C(=O)CC[C@@H]2/C(F)=C(F)/C(F)=C\c2ccccc2)cc1. The highest BCUT2D eigenvalue weighted by atomic mass is 19.2. The van der Waals surface area contributed by atoms with Gasteiger partial charge in [0.1, 0.15) is 0 Å². The molecule has 7 heteroatoms. The Morgan fingerprint density at radius 2 is 1.73 bits per heavy atom. The minimum absolute atomic E-state index is 0.0489. The van der Waals surface area contributed by atoms with Gasteiger partial charge in [-0.3, -0.25) is 4.79 Å². The summed E-state index contributed by atoms with van der Waals surface area (Å²) in [5.41, 5.74) is 1.27. The molecule has 4 nitrogen and oxygen atoms in total. The Morgan fingerprint density at radius 1 is 1.07 bits per heavy atom. The van der Waals surface area contributed by atoms with E-state index in [2.05, 4.69) is 0 Å². The second-order valence-corrected chi connectivity index (χ2v) is 6.96. The predicted octanol–water partition coefficient (Wildman–Crippen LogP) is 5.08. The Kier molecular flexibility index (Phi) is 6.72. The number of carbonyl (C=O) groups is 2. The number of allylic oxidation sites excluding steroid dienone is 2. The minimum Gasteiger partial charge on any atom is -0.478 e. The van der Waals surface area contributed by atoms with E-state index in [1.54, 1.807) is 42.5 Å². The van der Waals surface area contributed by atoms with Gasteiger partial charge in [-0.2, -0.15) is 0 Å². The molecule has 0 radical (unpaired) electrons. The van der Waals surface area contributed by atoms with Crippen molar-refractivity contribution in [3.8, 4) is 0 Å². The molecule has 1 amide bonds. The van der Waals surface area contributed by atoms with Crippen LogP contribution in [0.5, 0.6) is 0 Å². The molecule has 1 atom stereocenters. The van der Waals surface area contributed by atoms with Crippen LogP contribution < -0.4 is 0 Å². The standard InChI is InChI=1S/C23H20F3NO3/c24-18(14-16-4-2-1-3-5-16)21(25)22(26)19-10-11-20(28)27(19)13-12-15-6-8-17(9-7-15)23(29)30/h1-9,14,19H,10-13H2,(H,29,30)/b18-14+,22-21+/t19-/m1/s1. The summed E-state index contributed by atoms with van der Waals surface area (Å²) in [5.74, 6) is -5.62. The molecule has 3 rings (SSSR count). The molecule has 1 heterocycles. The summed E-state index contributed by atoms with van der Waals surface area (Å²) in [6.07, 6.45) is 1.35. The smallest absolute Gasteiger partial charge is 0.335 e. The highest BCUT2D eigenvalue weighted by Gasteiger charge is 2.36. The first-order chi connectivity index (χ1) is 14.4. The normalized spacial score (nSPS) is 17.8. The van der Waals surface area contributed by atoms with Crippen LogP contribution in [0.3, 0.4) is 0 Å². The first-order valence-electron chi connectivity index (χ1n) is 9.46. The van der Waals surface area contributed by atoms with Crippen LogP contribution in [0.25, 0.3) is 6.08 Å². The number of benzene rings is 2. The number of halogens is 3. The number of carbonyl (C=O) groups excluding carboxylic acids is 1. The summed E-state index contributed by atoms with van der Waals surface area (Å²) in [6, 6.07) is 13.1. The molecule has 0 spiro atoms. The van der Waals surface area contributed by atoms with Gasteiger partial charge >= 0.3 is 5.97 Å². The second-order valence-electron chi connectivity index (χ2n) is 6.96. The number of hydrogen-bond acceptors (Lipinski definition) is 2. The zero-order valence-corrected chi connectivity index (χ0v) is 16.0. The van der Waals surface area contributed by atoms with Crippen LogP contribution in [0.4, 0.5) is 13.2 Å². The third-order valence-corrected chi connectivity index (χ3v) is 4.98. The lowest BCUT2D eigenvalue weighted by atomic mass is 10.1. The van der Waals surface area contributed by atoms with Crippen molar-refractivity contribution in [2.45, 2.75) is 25.3 Å². The van der Waals surface area contributed by atoms with Crippen LogP contribution in [0.15, 0.2) is 72.1 Å². The number of likely N-dealkylation sites (tertiary alicyclic amines) is 1. The van der Waals surface area contributed by atoms with Crippen molar-refractivity contribution in [2.24, 2.45) is 0 Å². The van der Waals surface area contributed by atoms with Gasteiger partial charge in [-0.05, 0) is 42.2 Å². The molecule has 0 aliphatic carbocycles. The molecular formula is C23H20F3NO3. The Labute approximate surface area is 171 Å². The third kappa shape index (κ3) is 4.97. The molecule has 1 saturated heterocycles. The molecule has 1 fully saturated rings. The van der Waals surface area contributed by atoms with Crippen molar-refractivity contribution in [1.29, 1.82) is 0 Å². The maximum atomic E-state index is 14.7. The first-order valence-corrected chi connectivity index (χ1v) is 9.46. The van der Waals surface area contributed by atoms with Gasteiger partial charge in [-0.15, -0.1) is 0 Å². The second kappa shape index (κ2) is 9.43. The van der Waals surface area contributed by atoms with E-state index in [0.717, 1.165) is 11.6 Å². The van der Waals surface area contributed by atoms with Crippen molar-refractivity contribution in [1.82, 2.24) is 4.90 Å². The largest absolute Gasteiger partial charge is 0.478 e. The fourth-order valence-electron chi connectivity index (χ4n) is 3.36. The molecule has 2 aromatic carbocycles. The third-order valence-electron chi connectivity index (χ3n) is 4.98. The van der Waals surface area contributed by atoms with Crippen LogP contribution in [0.1, 0.15) is 34.3 Å². The molecule has 0 bridgehead atoms. The Morgan fingerprint density at radius 3 is 2.37 bits per heavy atom. The van der Waals surface area contributed by atoms with Crippen LogP contribution in [-0.2, 0) is 11.2 Å². The number of nitrogens with zero attached hydrogens (tertiary/aromatic N) is 1. The summed E-state index contributed by atoms with van der Waals surface area (Å²) >= 11 is 0. The summed E-state index contributed by atoms with van der Waals surface area (Å²) in [7, 11) is 0. The van der Waals surface area contributed by atoms with Gasteiger partial charge in [-0.25, -0.2) is 18.0 Å². The number of carboxylic acids is 1. The quantitative estimate of drug-likeness (QED) is 0.642. The number of aromatic carboxylic acids is 1. The van der Waals surface area contributed by atoms with E-state index in [9.17, 15) is 22.8 Å². The van der Waals surface area contributed by atoms with Crippen molar-refractivity contribution in [3.05, 3.63) is 88.8 Å². The molecule has 1 N–H and O–H groups in total. The summed E-state index contributed by atoms with van der Waals surface area (Å²) < 4.78 is 43.3. The van der Waals surface area contributed by atoms with E-state index in [1.165, 1.54) is 17.0 Å². The van der Waals surface area contributed by atoms with E-state index in [4.69, 9.17) is 5.11 Å². The van der Waals surface area contributed by atoms with Crippen LogP contribution in [0.2, 0.25) is 0 Å². The summed E-state index contributed by atoms with van der Waals surface area (Å²) in [6.45, 7) is 0.112. The van der Waals surface area contributed by atoms with Gasteiger partial charge in [0.25, 0.3) is 0 Å². The fourth-order valence-corrected chi connectivity index (χ4v) is 3.36. The molecule has 30 heavy (non-hydrogen) atoms. The molecule has 0 aromatic heterocycles. The lowest BCUT2D eigenvalue weighted by Crippen LogP contribution is -2.35. The van der Waals surface area contributed by atoms with Crippen molar-refractivity contribution in [3.63, 3.8) is 0 Å². The lowest BCUT2D eigenvalue weighted by molar-refractivity contribution is -0.128. The Hall–Kier alpha value is -3.35. The molecule has 1 aliphatic rings. The van der Waals surface area contributed by atoms with Gasteiger partial charge in [-0.1, -0.05) is 42.5 Å². The zero-order chi connectivity index (χ0) is 21.7. The summed E-state index contributed by atoms with van der Waals surface area (Å²) in [4.78, 5) is 24.3. The van der Waals surface area contributed by atoms with E-state index < -0.39 is 29.5 Å². The van der Waals surface area contributed by atoms with Gasteiger partial charge in [0.05, 0.1) is 11.6 Å². The van der Waals surface area contributed by atoms with Gasteiger partial charge < -0.3 is 10.0 Å². The van der Waals surface area contributed by atoms with Gasteiger partial charge in [0, 0.05) is 13.0 Å². The highest BCUT2D eigenvalue weighted by molar-refractivity contribution is 5.87. The first kappa shape index (κ1) is 21.4. The predicted molar refractivity (Wildman–Crippen MR) is 107 cm³/mol. The van der Waals surface area contributed by atoms with E-state index in [1.807, 2.05) is 0 Å². The van der Waals surface area contributed by atoms with Gasteiger partial charge in [0.15, 0.2) is 17.5 Å². The number of hydrogen-bond donors (Lipinski definition) is 1. The number of amides is 1. The fraction of sp³-hybridized carbons (Fsp3) is 0.217. The number of carboxylic acid groups (broad SMARTS) is 1. The van der Waals surface area contributed by atoms with E-state index in [-0.39, 0.29) is 30.9 Å². The van der Waals surface area contributed by atoms with E-state index in [0.29, 0.717) is 12.0 Å². The molecule has 0 saturated carbocycles. The highest BCUT2D eigenvalue weighted by Crippen LogP contribution is 2.32. The maximum absolute atomic E-state index is 14.7. The summed E-state index contributed by atoms with van der Waals surface area (Å²) in [5, 5.41) is 8.93. The molecule has 1 aliphatic heterocycles. The maximum Gasteiger partial charge on any atom is 0.335 e. The van der Waals surface area contributed by atoms with Crippen molar-refractivity contribution in [2.75, 3.05) is 6.54 Å². The lowest BCUT2D eigenvalue weighted by Gasteiger charge is -2.24.